The van der Waals surface area contributed by atoms with E-state index in [9.17, 15) is 4.79 Å². The van der Waals surface area contributed by atoms with Crippen LogP contribution < -0.4 is 4.74 Å². The van der Waals surface area contributed by atoms with E-state index in [0.29, 0.717) is 18.8 Å². The normalized spacial score (nSPS) is 11.9. The number of ketones is 1. The summed E-state index contributed by atoms with van der Waals surface area (Å²) in [7, 11) is 1.65. The summed E-state index contributed by atoms with van der Waals surface area (Å²) in [6, 6.07) is 16.6. The average molecular weight is 431 g/mol. The van der Waals surface area contributed by atoms with Gasteiger partial charge in [0.1, 0.15) is 11.5 Å². The summed E-state index contributed by atoms with van der Waals surface area (Å²) in [5, 5.41) is 0. The minimum absolute atomic E-state index is 0.235. The number of Topliss-reactive ketones (excluding diaryl/α,β-unsaturated/α-hetero) is 1. The van der Waals surface area contributed by atoms with Crippen LogP contribution in [-0.4, -0.2) is 22.9 Å². The Hall–Kier alpha value is -3.01. The predicted octanol–water partition coefficient (Wildman–Crippen LogP) is 6.50. The molecule has 1 atom stereocenters. The van der Waals surface area contributed by atoms with Crippen molar-refractivity contribution in [3.05, 3.63) is 77.2 Å². The molecule has 32 heavy (non-hydrogen) atoms. The van der Waals surface area contributed by atoms with Crippen molar-refractivity contribution < 1.29 is 9.53 Å². The van der Waals surface area contributed by atoms with Crippen molar-refractivity contribution in [2.24, 2.45) is 0 Å². The number of benzene rings is 2. The summed E-state index contributed by atoms with van der Waals surface area (Å²) in [5.74, 6) is 1.38. The van der Waals surface area contributed by atoms with Crippen molar-refractivity contribution in [1.29, 1.82) is 0 Å². The van der Waals surface area contributed by atoms with E-state index in [2.05, 4.69) is 42.2 Å². The first-order chi connectivity index (χ1) is 15.5. The molecule has 1 aromatic heterocycles. The Morgan fingerprint density at radius 1 is 1.06 bits per heavy atom. The second-order valence-electron chi connectivity index (χ2n) is 8.38. The molecule has 0 saturated heterocycles. The van der Waals surface area contributed by atoms with E-state index >= 15 is 0 Å². The zero-order valence-electron chi connectivity index (χ0n) is 19.7. The fourth-order valence-corrected chi connectivity index (χ4v) is 4.14. The summed E-state index contributed by atoms with van der Waals surface area (Å²) in [6.45, 7) is 6.28. The molecule has 1 unspecified atom stereocenters. The Bertz CT molecular complexity index is 1030. The van der Waals surface area contributed by atoms with Gasteiger partial charge in [0.2, 0.25) is 0 Å². The van der Waals surface area contributed by atoms with Crippen LogP contribution in [-0.2, 0) is 17.6 Å². The zero-order chi connectivity index (χ0) is 22.9. The first kappa shape index (κ1) is 23.6. The molecule has 0 bridgehead atoms. The molecule has 4 nitrogen and oxygen atoms in total. The van der Waals surface area contributed by atoms with Gasteiger partial charge in [0.25, 0.3) is 0 Å². The average Bonchev–Trinajstić information content (AvgIpc) is 2.81. The highest BCUT2D eigenvalue weighted by Gasteiger charge is 2.16. The molecule has 0 aliphatic heterocycles. The van der Waals surface area contributed by atoms with Crippen molar-refractivity contribution >= 4 is 5.78 Å². The number of rotatable bonds is 11. The van der Waals surface area contributed by atoms with E-state index in [1.165, 1.54) is 5.56 Å². The quantitative estimate of drug-likeness (QED) is 0.348. The molecule has 0 fully saturated rings. The monoisotopic (exact) mass is 430 g/mol. The molecule has 0 radical (unpaired) electrons. The van der Waals surface area contributed by atoms with Crippen molar-refractivity contribution in [3.63, 3.8) is 0 Å². The molecule has 0 N–H and O–H groups in total. The summed E-state index contributed by atoms with van der Waals surface area (Å²) >= 11 is 0. The van der Waals surface area contributed by atoms with E-state index in [0.717, 1.165) is 59.6 Å². The molecule has 0 aliphatic carbocycles. The fraction of sp³-hybridized carbons (Fsp3) is 0.393. The maximum atomic E-state index is 12.1. The molecule has 4 heteroatoms. The van der Waals surface area contributed by atoms with E-state index in [1.807, 2.05) is 38.2 Å². The number of hydrogen-bond donors (Lipinski definition) is 0. The lowest BCUT2D eigenvalue weighted by molar-refractivity contribution is -0.118. The van der Waals surface area contributed by atoms with Crippen molar-refractivity contribution in [2.45, 2.75) is 65.2 Å². The van der Waals surface area contributed by atoms with E-state index in [-0.39, 0.29) is 5.78 Å². The van der Waals surface area contributed by atoms with Crippen LogP contribution in [0.1, 0.15) is 68.0 Å². The SMILES string of the molecule is CCCC(=O)Cc1ccc(-c2cnc(C)c(CC(CCC)c3ccccc3)n2)cc1OC. The maximum Gasteiger partial charge on any atom is 0.137 e. The highest BCUT2D eigenvalue weighted by Crippen LogP contribution is 2.29. The van der Waals surface area contributed by atoms with Gasteiger partial charge in [0, 0.05) is 24.0 Å². The highest BCUT2D eigenvalue weighted by molar-refractivity contribution is 5.82. The Morgan fingerprint density at radius 2 is 1.84 bits per heavy atom. The number of ether oxygens (including phenoxy) is 1. The lowest BCUT2D eigenvalue weighted by atomic mass is 9.89. The van der Waals surface area contributed by atoms with Gasteiger partial charge in [-0.15, -0.1) is 0 Å². The number of nitrogens with zero attached hydrogens (tertiary/aromatic N) is 2. The van der Waals surface area contributed by atoms with Gasteiger partial charge in [0.15, 0.2) is 0 Å². The number of hydrogen-bond acceptors (Lipinski definition) is 4. The molecule has 3 aromatic rings. The molecule has 0 saturated carbocycles. The van der Waals surface area contributed by atoms with E-state index < -0.39 is 0 Å². The topological polar surface area (TPSA) is 52.1 Å². The fourth-order valence-electron chi connectivity index (χ4n) is 4.14. The molecule has 0 amide bonds. The van der Waals surface area contributed by atoms with Crippen LogP contribution in [0.4, 0.5) is 0 Å². The van der Waals surface area contributed by atoms with E-state index in [1.54, 1.807) is 7.11 Å². The second kappa shape index (κ2) is 11.6. The zero-order valence-corrected chi connectivity index (χ0v) is 19.7. The van der Waals surface area contributed by atoms with Crippen LogP contribution in [0.5, 0.6) is 5.75 Å². The number of aromatic nitrogens is 2. The molecule has 2 aromatic carbocycles. The number of carbonyl (C=O) groups excluding carboxylic acids is 1. The van der Waals surface area contributed by atoms with Gasteiger partial charge in [-0.2, -0.15) is 0 Å². The van der Waals surface area contributed by atoms with Gasteiger partial charge >= 0.3 is 0 Å². The highest BCUT2D eigenvalue weighted by atomic mass is 16.5. The summed E-state index contributed by atoms with van der Waals surface area (Å²) in [6.07, 6.45) is 6.79. The summed E-state index contributed by atoms with van der Waals surface area (Å²) in [4.78, 5) is 21.8. The number of methoxy groups -OCH3 is 1. The lowest BCUT2D eigenvalue weighted by Crippen LogP contribution is -2.08. The number of carbonyl (C=O) groups is 1. The van der Waals surface area contributed by atoms with Crippen molar-refractivity contribution in [1.82, 2.24) is 9.97 Å². The Kier molecular flexibility index (Phi) is 8.55. The van der Waals surface area contributed by atoms with Gasteiger partial charge in [0.05, 0.1) is 30.4 Å². The third-order valence-corrected chi connectivity index (χ3v) is 5.90. The Morgan fingerprint density at radius 3 is 2.53 bits per heavy atom. The predicted molar refractivity (Wildman–Crippen MR) is 130 cm³/mol. The maximum absolute atomic E-state index is 12.1. The largest absolute Gasteiger partial charge is 0.496 e. The number of aryl methyl sites for hydroxylation is 1. The first-order valence-electron chi connectivity index (χ1n) is 11.6. The van der Waals surface area contributed by atoms with Crippen molar-refractivity contribution in [2.75, 3.05) is 7.11 Å². The Balaban J connectivity index is 1.88. The third-order valence-electron chi connectivity index (χ3n) is 5.90. The standard InChI is InChI=1S/C28H34N2O2/c1-5-10-22(21-12-8-7-9-13-21)17-26-20(3)29-19-27(30-26)23-14-15-24(28(18-23)32-4)16-25(31)11-6-2/h7-9,12-15,18-19,22H,5-6,10-11,16-17H2,1-4H3. The van der Waals surface area contributed by atoms with Gasteiger partial charge in [-0.25, -0.2) is 4.98 Å². The van der Waals surface area contributed by atoms with Crippen LogP contribution in [0.2, 0.25) is 0 Å². The Labute approximate surface area is 192 Å². The minimum Gasteiger partial charge on any atom is -0.496 e. The van der Waals surface area contributed by atoms with Crippen molar-refractivity contribution in [3.8, 4) is 17.0 Å². The van der Waals surface area contributed by atoms with Gasteiger partial charge in [-0.3, -0.25) is 9.78 Å². The molecular formula is C28H34N2O2. The molecule has 168 valence electrons. The van der Waals surface area contributed by atoms with Crippen LogP contribution in [0.15, 0.2) is 54.7 Å². The molecular weight excluding hydrogens is 396 g/mol. The summed E-state index contributed by atoms with van der Waals surface area (Å²) < 4.78 is 5.59. The third kappa shape index (κ3) is 6.03. The smallest absolute Gasteiger partial charge is 0.137 e. The minimum atomic E-state index is 0.235. The lowest BCUT2D eigenvalue weighted by Gasteiger charge is -2.18. The van der Waals surface area contributed by atoms with E-state index in [4.69, 9.17) is 9.72 Å². The van der Waals surface area contributed by atoms with Gasteiger partial charge in [-0.1, -0.05) is 62.7 Å². The van der Waals surface area contributed by atoms with Crippen LogP contribution >= 0.6 is 0 Å². The second-order valence-corrected chi connectivity index (χ2v) is 8.38. The first-order valence-corrected chi connectivity index (χ1v) is 11.6. The molecule has 0 aliphatic rings. The molecule has 1 heterocycles. The summed E-state index contributed by atoms with van der Waals surface area (Å²) in [5.41, 5.74) is 6.06. The van der Waals surface area contributed by atoms with Crippen LogP contribution in [0, 0.1) is 6.92 Å². The molecule has 0 spiro atoms. The molecule has 3 rings (SSSR count). The van der Waals surface area contributed by atoms with Crippen LogP contribution in [0.25, 0.3) is 11.3 Å². The van der Waals surface area contributed by atoms with Crippen LogP contribution in [0.3, 0.4) is 0 Å². The van der Waals surface area contributed by atoms with Gasteiger partial charge in [-0.05, 0) is 43.7 Å². The van der Waals surface area contributed by atoms with Gasteiger partial charge < -0.3 is 4.74 Å².